The summed E-state index contributed by atoms with van der Waals surface area (Å²) in [5.74, 6) is 0. The third-order valence-electron chi connectivity index (χ3n) is 15.6. The van der Waals surface area contributed by atoms with Gasteiger partial charge in [0.15, 0.2) is 0 Å². The zero-order chi connectivity index (χ0) is 37.0. The van der Waals surface area contributed by atoms with Crippen LogP contribution in [0.15, 0.2) is 18.2 Å². The Kier molecular flexibility index (Phi) is 12.3. The fourth-order valence-electron chi connectivity index (χ4n) is 12.4. The van der Waals surface area contributed by atoms with Crippen LogP contribution in [0, 0.1) is 20.8 Å². The molecule has 0 unspecified atom stereocenters. The van der Waals surface area contributed by atoms with E-state index in [1.165, 1.54) is 80.4 Å². The van der Waals surface area contributed by atoms with Crippen LogP contribution in [0.25, 0.3) is 0 Å². The highest BCUT2D eigenvalue weighted by molar-refractivity contribution is 7.77. The average molecular weight is 731 g/mol. The molecule has 0 N–H and O–H groups in total. The fourth-order valence-corrected chi connectivity index (χ4v) is 76.3. The van der Waals surface area contributed by atoms with Gasteiger partial charge in [-0.05, 0) is 103 Å². The quantitative estimate of drug-likeness (QED) is 0.160. The highest BCUT2D eigenvalue weighted by atomic mass is 29.8. The maximum absolute atomic E-state index is 2.92. The van der Waals surface area contributed by atoms with Crippen molar-refractivity contribution in [2.45, 2.75) is 214 Å². The van der Waals surface area contributed by atoms with E-state index in [2.05, 4.69) is 141 Å². The molecule has 4 rings (SSSR count). The van der Waals surface area contributed by atoms with Gasteiger partial charge in [0.2, 0.25) is 0 Å². The summed E-state index contributed by atoms with van der Waals surface area (Å²) >= 11 is 0. The molecule has 0 fully saturated rings. The van der Waals surface area contributed by atoms with Crippen molar-refractivity contribution in [2.75, 3.05) is 0 Å². The van der Waals surface area contributed by atoms with E-state index in [0.717, 1.165) is 0 Å². The molecule has 2 aliphatic rings. The predicted molar refractivity (Wildman–Crippen MR) is 232 cm³/mol. The lowest BCUT2D eigenvalue weighted by Crippen LogP contribution is -2.78. The van der Waals surface area contributed by atoms with Crippen LogP contribution in [0.2, 0.25) is 36.3 Å². The van der Waals surface area contributed by atoms with Crippen molar-refractivity contribution >= 4 is 41.2 Å². The Bertz CT molecular complexity index is 1380. The van der Waals surface area contributed by atoms with Gasteiger partial charge in [-0.15, -0.1) is 0 Å². The highest BCUT2D eigenvalue weighted by Gasteiger charge is 2.60. The predicted octanol–water partition coefficient (Wildman–Crippen LogP) is 12.4. The van der Waals surface area contributed by atoms with E-state index >= 15 is 0 Å². The highest BCUT2D eigenvalue weighted by Crippen LogP contribution is 2.59. The van der Waals surface area contributed by atoms with Crippen molar-refractivity contribution < 1.29 is 0 Å². The van der Waals surface area contributed by atoms with Gasteiger partial charge in [-0.2, -0.15) is 0 Å². The smallest absolute Gasteiger partial charge is 0.0680 e. The molecular formula is C45H78Si4. The number of hydrogen-bond donors (Lipinski definition) is 0. The van der Waals surface area contributed by atoms with Crippen molar-refractivity contribution in [1.82, 2.24) is 0 Å². The first kappa shape index (κ1) is 41.1. The average Bonchev–Trinajstić information content (AvgIpc) is 3.46. The fraction of sp³-hybridized carbons (Fsp3) is 0.733. The van der Waals surface area contributed by atoms with E-state index in [-0.39, 0.29) is 10.8 Å². The maximum Gasteiger partial charge on any atom is 0.0721 e. The number of aryl methyl sites for hydroxylation is 3. The van der Waals surface area contributed by atoms with Crippen LogP contribution in [0.4, 0.5) is 0 Å². The summed E-state index contributed by atoms with van der Waals surface area (Å²) in [6.07, 6.45) is 7.77. The largest absolute Gasteiger partial charge is 0.0721 e. The van der Waals surface area contributed by atoms with Gasteiger partial charge in [-0.25, -0.2) is 0 Å². The number of hydrogen-bond acceptors (Lipinski definition) is 0. The second-order valence-electron chi connectivity index (χ2n) is 18.4. The first-order valence-electron chi connectivity index (χ1n) is 21.0. The summed E-state index contributed by atoms with van der Waals surface area (Å²) in [5.41, 5.74) is 13.3. The summed E-state index contributed by atoms with van der Waals surface area (Å²) in [7, 11) is -5.17. The van der Waals surface area contributed by atoms with Gasteiger partial charge in [0.1, 0.15) is 0 Å². The molecule has 274 valence electrons. The van der Waals surface area contributed by atoms with Gasteiger partial charge in [-0.3, -0.25) is 0 Å². The van der Waals surface area contributed by atoms with Crippen LogP contribution < -0.4 is 10.4 Å². The number of benzene rings is 2. The van der Waals surface area contributed by atoms with Crippen LogP contribution in [0.1, 0.15) is 174 Å². The second-order valence-corrected chi connectivity index (χ2v) is 45.6. The molecule has 0 nitrogen and oxygen atoms in total. The first-order valence-corrected chi connectivity index (χ1v) is 32.2. The van der Waals surface area contributed by atoms with Crippen molar-refractivity contribution in [3.8, 4) is 0 Å². The Balaban J connectivity index is 2.44. The molecule has 2 radical (unpaired) electrons. The van der Waals surface area contributed by atoms with E-state index in [9.17, 15) is 0 Å². The molecule has 0 aromatic heterocycles. The van der Waals surface area contributed by atoms with Crippen molar-refractivity contribution in [1.29, 1.82) is 0 Å². The summed E-state index contributed by atoms with van der Waals surface area (Å²) in [4.78, 5) is 0. The van der Waals surface area contributed by atoms with Gasteiger partial charge >= 0.3 is 0 Å². The van der Waals surface area contributed by atoms with Gasteiger partial charge in [0.25, 0.3) is 0 Å². The third-order valence-corrected chi connectivity index (χ3v) is 62.2. The van der Waals surface area contributed by atoms with Crippen LogP contribution >= 0.6 is 0 Å². The molecule has 2 aromatic carbocycles. The molecule has 0 spiro atoms. The minimum Gasteiger partial charge on any atom is -0.0680 e. The summed E-state index contributed by atoms with van der Waals surface area (Å²) in [6, 6.07) is 16.9. The number of fused-ring (bicyclic) bond motifs is 2. The van der Waals surface area contributed by atoms with E-state index in [1.54, 1.807) is 11.1 Å². The summed E-state index contributed by atoms with van der Waals surface area (Å²) in [5, 5.41) is 4.03. The Hall–Kier alpha value is -0.692. The summed E-state index contributed by atoms with van der Waals surface area (Å²) < 4.78 is 0. The molecule has 0 heterocycles. The number of rotatable bonds is 15. The molecule has 0 aliphatic heterocycles. The van der Waals surface area contributed by atoms with Crippen molar-refractivity contribution in [3.05, 3.63) is 57.1 Å². The zero-order valence-corrected chi connectivity index (χ0v) is 39.7. The molecule has 2 aliphatic carbocycles. The van der Waals surface area contributed by atoms with E-state index in [1.807, 2.05) is 27.4 Å². The summed E-state index contributed by atoms with van der Waals surface area (Å²) in [6.45, 7) is 44.4. The Morgan fingerprint density at radius 1 is 0.490 bits per heavy atom. The molecule has 0 amide bonds. The topological polar surface area (TPSA) is 0 Å². The Labute approximate surface area is 311 Å². The van der Waals surface area contributed by atoms with E-state index in [4.69, 9.17) is 0 Å². The van der Waals surface area contributed by atoms with Crippen LogP contribution in [0.5, 0.6) is 0 Å². The van der Waals surface area contributed by atoms with Crippen LogP contribution in [-0.2, 0) is 21.7 Å². The molecule has 2 aromatic rings. The second kappa shape index (κ2) is 14.6. The third kappa shape index (κ3) is 6.18. The normalized spacial score (nSPS) is 19.2. The SMILES string of the molecule is CCC1(CC)CC(C)(C)c2c1cc1c(c2[Si]([Si](c2c(C)cc(C)cc2C)[Si](CC)(CC)CC)[Si](CC)(CC)CC)C(C)(C)CC1(CC)CC. The molecule has 0 saturated carbocycles. The van der Waals surface area contributed by atoms with Gasteiger partial charge in [0, 0.05) is 15.2 Å². The molecule has 0 saturated heterocycles. The van der Waals surface area contributed by atoms with Gasteiger partial charge in [-0.1, -0.05) is 178 Å². The molecule has 0 atom stereocenters. The van der Waals surface area contributed by atoms with E-state index < -0.39 is 30.8 Å². The van der Waals surface area contributed by atoms with Gasteiger partial charge < -0.3 is 0 Å². The standard InChI is InChI=1S/C45H78Si4/c1-18-44(19-2)31-42(14,15)38-36(44)30-37-39(43(16,17)32-45(37,20-3)21-4)41(38)47(49(25-8,26-9)27-10)46(48(22-5,23-6)24-7)40-34(12)28-33(11)29-35(40)13/h28-30H,18-27,31-32H2,1-17H3. The lowest BCUT2D eigenvalue weighted by atomic mass is 9.72. The molecular weight excluding hydrogens is 653 g/mol. The molecule has 49 heavy (non-hydrogen) atoms. The van der Waals surface area contributed by atoms with Crippen molar-refractivity contribution in [2.24, 2.45) is 0 Å². The van der Waals surface area contributed by atoms with Gasteiger partial charge in [0.05, 0.1) is 15.7 Å². The van der Waals surface area contributed by atoms with E-state index in [0.29, 0.717) is 10.8 Å². The van der Waals surface area contributed by atoms with Crippen LogP contribution in [0.3, 0.4) is 0 Å². The monoisotopic (exact) mass is 731 g/mol. The minimum atomic E-state index is -1.71. The maximum atomic E-state index is 2.92. The molecule has 4 heteroatoms. The molecule has 0 bridgehead atoms. The zero-order valence-electron chi connectivity index (χ0n) is 35.7. The van der Waals surface area contributed by atoms with Crippen molar-refractivity contribution in [3.63, 3.8) is 0 Å². The lowest BCUT2D eigenvalue weighted by molar-refractivity contribution is 0.322. The minimum absolute atomic E-state index is 0.218. The lowest BCUT2D eigenvalue weighted by Gasteiger charge is -2.51. The van der Waals surface area contributed by atoms with Crippen LogP contribution in [-0.4, -0.2) is 30.8 Å². The first-order chi connectivity index (χ1) is 22.9. The Morgan fingerprint density at radius 2 is 0.796 bits per heavy atom. The Morgan fingerprint density at radius 3 is 1.08 bits per heavy atom.